The van der Waals surface area contributed by atoms with Crippen molar-refractivity contribution in [3.63, 3.8) is 0 Å². The van der Waals surface area contributed by atoms with Crippen molar-refractivity contribution in [2.24, 2.45) is 0 Å². The molecule has 1 amide bonds. The zero-order chi connectivity index (χ0) is 21.6. The summed E-state index contributed by atoms with van der Waals surface area (Å²) in [5.74, 6) is -5.41. The summed E-state index contributed by atoms with van der Waals surface area (Å²) in [5.41, 5.74) is -0.0125. The van der Waals surface area contributed by atoms with E-state index < -0.39 is 41.1 Å². The number of esters is 1. The lowest BCUT2D eigenvalue weighted by Crippen LogP contribution is -2.29. The number of benzene rings is 2. The number of hydrogen-bond donors (Lipinski definition) is 1. The van der Waals surface area contributed by atoms with Gasteiger partial charge in [0.2, 0.25) is 0 Å². The maximum absolute atomic E-state index is 13.6. The SMILES string of the molecule is COc1ccc(/C=C/C(=O)O[C@@H](C)C(=O)Nc2ccc(F)c(F)c2F)c(OC)c1. The van der Waals surface area contributed by atoms with Gasteiger partial charge in [-0.1, -0.05) is 0 Å². The van der Waals surface area contributed by atoms with E-state index in [4.69, 9.17) is 14.2 Å². The molecule has 0 bridgehead atoms. The molecule has 29 heavy (non-hydrogen) atoms. The first-order valence-electron chi connectivity index (χ1n) is 8.32. The van der Waals surface area contributed by atoms with Crippen LogP contribution in [0.4, 0.5) is 18.9 Å². The Balaban J connectivity index is 2.01. The van der Waals surface area contributed by atoms with Gasteiger partial charge in [0.1, 0.15) is 11.5 Å². The van der Waals surface area contributed by atoms with Gasteiger partial charge in [-0.05, 0) is 37.3 Å². The number of nitrogens with one attached hydrogen (secondary N) is 1. The van der Waals surface area contributed by atoms with Crippen LogP contribution in [0.5, 0.6) is 11.5 Å². The van der Waals surface area contributed by atoms with Crippen molar-refractivity contribution in [1.82, 2.24) is 0 Å². The van der Waals surface area contributed by atoms with Crippen LogP contribution >= 0.6 is 0 Å². The second-order valence-corrected chi connectivity index (χ2v) is 5.73. The standard InChI is InChI=1S/C20H18F3NO5/c1-11(20(26)24-15-8-7-14(21)18(22)19(15)23)29-17(25)9-5-12-4-6-13(27-2)10-16(12)28-3/h4-11H,1-3H3,(H,24,26)/b9-5+/t11-/m0/s1. The third-order valence-corrected chi connectivity index (χ3v) is 3.79. The number of carbonyl (C=O) groups excluding carboxylic acids is 2. The highest BCUT2D eigenvalue weighted by atomic mass is 19.2. The molecule has 0 aliphatic heterocycles. The number of carbonyl (C=O) groups is 2. The highest BCUT2D eigenvalue weighted by Crippen LogP contribution is 2.25. The Morgan fingerprint density at radius 3 is 2.41 bits per heavy atom. The Morgan fingerprint density at radius 2 is 1.76 bits per heavy atom. The lowest BCUT2D eigenvalue weighted by Gasteiger charge is -2.13. The van der Waals surface area contributed by atoms with Gasteiger partial charge in [0.25, 0.3) is 5.91 Å². The molecular weight excluding hydrogens is 391 g/mol. The van der Waals surface area contributed by atoms with Crippen LogP contribution in [-0.2, 0) is 14.3 Å². The number of rotatable bonds is 7. The molecule has 9 heteroatoms. The number of hydrogen-bond acceptors (Lipinski definition) is 5. The van der Waals surface area contributed by atoms with Crippen LogP contribution in [0.1, 0.15) is 12.5 Å². The molecule has 6 nitrogen and oxygen atoms in total. The van der Waals surface area contributed by atoms with Crippen LogP contribution in [0, 0.1) is 17.5 Å². The summed E-state index contributed by atoms with van der Waals surface area (Å²) < 4.78 is 54.9. The van der Waals surface area contributed by atoms with E-state index in [1.165, 1.54) is 27.2 Å². The first-order valence-corrected chi connectivity index (χ1v) is 8.32. The third-order valence-electron chi connectivity index (χ3n) is 3.79. The molecule has 1 N–H and O–H groups in total. The summed E-state index contributed by atoms with van der Waals surface area (Å²) in [6.07, 6.45) is 1.17. The molecular formula is C20H18F3NO5. The van der Waals surface area contributed by atoms with Crippen LogP contribution in [0.2, 0.25) is 0 Å². The summed E-state index contributed by atoms with van der Waals surface area (Å²) >= 11 is 0. The van der Waals surface area contributed by atoms with Crippen LogP contribution in [0.25, 0.3) is 6.08 Å². The van der Waals surface area contributed by atoms with Gasteiger partial charge in [0, 0.05) is 17.7 Å². The quantitative estimate of drug-likeness (QED) is 0.429. The maximum Gasteiger partial charge on any atom is 0.331 e. The summed E-state index contributed by atoms with van der Waals surface area (Å²) in [7, 11) is 2.95. The van der Waals surface area contributed by atoms with Gasteiger partial charge in [-0.2, -0.15) is 0 Å². The molecule has 0 radical (unpaired) electrons. The number of halogens is 3. The fraction of sp³-hybridized carbons (Fsp3) is 0.200. The van der Waals surface area contributed by atoms with Crippen molar-refractivity contribution in [2.45, 2.75) is 13.0 Å². The average molecular weight is 409 g/mol. The highest BCUT2D eigenvalue weighted by molar-refractivity contribution is 5.96. The van der Waals surface area contributed by atoms with Crippen molar-refractivity contribution in [3.05, 3.63) is 59.4 Å². The summed E-state index contributed by atoms with van der Waals surface area (Å²) in [6, 6.07) is 6.46. The average Bonchev–Trinajstić information content (AvgIpc) is 2.72. The Kier molecular flexibility index (Phi) is 7.24. The molecule has 2 aromatic rings. The van der Waals surface area contributed by atoms with Crippen LogP contribution in [0.3, 0.4) is 0 Å². The molecule has 154 valence electrons. The van der Waals surface area contributed by atoms with Gasteiger partial charge in [-0.25, -0.2) is 18.0 Å². The first-order chi connectivity index (χ1) is 13.8. The number of amides is 1. The second-order valence-electron chi connectivity index (χ2n) is 5.73. The van der Waals surface area contributed by atoms with E-state index in [0.717, 1.165) is 12.1 Å². The third kappa shape index (κ3) is 5.50. The zero-order valence-electron chi connectivity index (χ0n) is 15.8. The maximum atomic E-state index is 13.6. The van der Waals surface area contributed by atoms with Gasteiger partial charge in [0.15, 0.2) is 23.6 Å². The summed E-state index contributed by atoms with van der Waals surface area (Å²) in [6.45, 7) is 1.24. The van der Waals surface area contributed by atoms with E-state index in [2.05, 4.69) is 0 Å². The van der Waals surface area contributed by atoms with Crippen LogP contribution in [-0.4, -0.2) is 32.2 Å². The minimum atomic E-state index is -1.72. The molecule has 2 rings (SSSR count). The molecule has 0 aliphatic rings. The molecule has 1 atom stereocenters. The topological polar surface area (TPSA) is 73.9 Å². The van der Waals surface area contributed by atoms with Gasteiger partial charge < -0.3 is 19.5 Å². The Labute approximate surface area is 164 Å². The van der Waals surface area contributed by atoms with E-state index in [-0.39, 0.29) is 0 Å². The van der Waals surface area contributed by atoms with Crippen molar-refractivity contribution in [2.75, 3.05) is 19.5 Å². The van der Waals surface area contributed by atoms with E-state index >= 15 is 0 Å². The predicted molar refractivity (Wildman–Crippen MR) is 99.1 cm³/mol. The second kappa shape index (κ2) is 9.63. The molecule has 0 aliphatic carbocycles. The summed E-state index contributed by atoms with van der Waals surface area (Å²) in [5, 5.41) is 2.03. The minimum Gasteiger partial charge on any atom is -0.497 e. The lowest BCUT2D eigenvalue weighted by atomic mass is 10.1. The van der Waals surface area contributed by atoms with E-state index in [1.54, 1.807) is 18.2 Å². The zero-order valence-corrected chi connectivity index (χ0v) is 15.8. The van der Waals surface area contributed by atoms with E-state index in [0.29, 0.717) is 23.1 Å². The largest absolute Gasteiger partial charge is 0.497 e. The molecule has 0 heterocycles. The highest BCUT2D eigenvalue weighted by Gasteiger charge is 2.20. The number of methoxy groups -OCH3 is 2. The van der Waals surface area contributed by atoms with Crippen molar-refractivity contribution < 1.29 is 37.0 Å². The normalized spacial score (nSPS) is 11.8. The molecule has 0 saturated carbocycles. The van der Waals surface area contributed by atoms with E-state index in [9.17, 15) is 22.8 Å². The summed E-state index contributed by atoms with van der Waals surface area (Å²) in [4.78, 5) is 23.9. The smallest absolute Gasteiger partial charge is 0.331 e. The fourth-order valence-corrected chi connectivity index (χ4v) is 2.24. The van der Waals surface area contributed by atoms with Gasteiger partial charge in [-0.15, -0.1) is 0 Å². The van der Waals surface area contributed by atoms with Crippen molar-refractivity contribution in [3.8, 4) is 11.5 Å². The number of ether oxygens (including phenoxy) is 3. The Bertz CT molecular complexity index is 946. The van der Waals surface area contributed by atoms with Gasteiger partial charge >= 0.3 is 5.97 Å². The van der Waals surface area contributed by atoms with Gasteiger partial charge in [-0.3, -0.25) is 4.79 Å². The van der Waals surface area contributed by atoms with Gasteiger partial charge in [0.05, 0.1) is 19.9 Å². The molecule has 0 fully saturated rings. The molecule has 0 unspecified atom stereocenters. The molecule has 2 aromatic carbocycles. The van der Waals surface area contributed by atoms with Crippen molar-refractivity contribution >= 4 is 23.6 Å². The monoisotopic (exact) mass is 409 g/mol. The molecule has 0 spiro atoms. The number of anilines is 1. The minimum absolute atomic E-state index is 0.452. The first kappa shape index (κ1) is 21.8. The Hall–Kier alpha value is -3.49. The lowest BCUT2D eigenvalue weighted by molar-refractivity contribution is -0.148. The fourth-order valence-electron chi connectivity index (χ4n) is 2.24. The Morgan fingerprint density at radius 1 is 1.03 bits per heavy atom. The van der Waals surface area contributed by atoms with E-state index in [1.807, 2.05) is 5.32 Å². The van der Waals surface area contributed by atoms with Crippen LogP contribution in [0.15, 0.2) is 36.4 Å². The predicted octanol–water partition coefficient (Wildman–Crippen LogP) is 3.70. The van der Waals surface area contributed by atoms with Crippen molar-refractivity contribution in [1.29, 1.82) is 0 Å². The molecule has 0 saturated heterocycles. The molecule has 0 aromatic heterocycles. The van der Waals surface area contributed by atoms with Crippen LogP contribution < -0.4 is 14.8 Å².